The molecule has 20 heavy (non-hydrogen) atoms. The average molecular weight is 282 g/mol. The van der Waals surface area contributed by atoms with Gasteiger partial charge in [-0.15, -0.1) is 11.3 Å². The number of hydrogen-bond acceptors (Lipinski definition) is 3. The zero-order valence-corrected chi connectivity index (χ0v) is 12.6. The summed E-state index contributed by atoms with van der Waals surface area (Å²) in [4.78, 5) is 4.30. The van der Waals surface area contributed by atoms with Crippen LogP contribution in [0, 0.1) is 6.92 Å². The van der Waals surface area contributed by atoms with Crippen molar-refractivity contribution in [2.24, 2.45) is 0 Å². The minimum Gasteiger partial charge on any atom is -0.306 e. The summed E-state index contributed by atoms with van der Waals surface area (Å²) < 4.78 is 1.34. The van der Waals surface area contributed by atoms with E-state index in [1.807, 2.05) is 23.7 Å². The van der Waals surface area contributed by atoms with Crippen LogP contribution in [0.4, 0.5) is 0 Å². The second-order valence-electron chi connectivity index (χ2n) is 4.91. The summed E-state index contributed by atoms with van der Waals surface area (Å²) in [5, 5.41) is 7.21. The van der Waals surface area contributed by atoms with Crippen molar-refractivity contribution in [3.8, 4) is 0 Å². The van der Waals surface area contributed by atoms with Crippen LogP contribution < -0.4 is 5.32 Å². The molecule has 0 bridgehead atoms. The molecule has 2 aromatic heterocycles. The van der Waals surface area contributed by atoms with Gasteiger partial charge in [-0.1, -0.05) is 25.1 Å². The molecular weight excluding hydrogens is 264 g/mol. The minimum atomic E-state index is 0.213. The highest BCUT2D eigenvalue weighted by atomic mass is 32.1. The molecule has 0 fully saturated rings. The lowest BCUT2D eigenvalue weighted by Gasteiger charge is -2.19. The van der Waals surface area contributed by atoms with E-state index < -0.39 is 0 Å². The van der Waals surface area contributed by atoms with E-state index in [0.717, 1.165) is 6.54 Å². The third-order valence-electron chi connectivity index (χ3n) is 3.62. The zero-order chi connectivity index (χ0) is 13.9. The van der Waals surface area contributed by atoms with Crippen LogP contribution in [-0.4, -0.2) is 11.5 Å². The summed E-state index contributed by atoms with van der Waals surface area (Å²) in [6.07, 6.45) is 3.84. The number of fused-ring (bicyclic) bond motifs is 1. The fraction of sp³-hybridized carbons (Fsp3) is 0.235. The third kappa shape index (κ3) is 2.35. The second-order valence-corrected chi connectivity index (χ2v) is 5.82. The molecule has 0 amide bonds. The minimum absolute atomic E-state index is 0.213. The molecule has 1 unspecified atom stereocenters. The number of nitrogens with zero attached hydrogens (tertiary/aromatic N) is 1. The largest absolute Gasteiger partial charge is 0.306 e. The van der Waals surface area contributed by atoms with Crippen molar-refractivity contribution in [3.63, 3.8) is 0 Å². The van der Waals surface area contributed by atoms with Gasteiger partial charge < -0.3 is 5.32 Å². The molecule has 3 rings (SSSR count). The summed E-state index contributed by atoms with van der Waals surface area (Å²) in [6.45, 7) is 5.23. The first kappa shape index (κ1) is 13.3. The summed E-state index contributed by atoms with van der Waals surface area (Å²) in [7, 11) is 0. The van der Waals surface area contributed by atoms with Gasteiger partial charge in [-0.25, -0.2) is 0 Å². The molecule has 102 valence electrons. The van der Waals surface area contributed by atoms with Crippen LogP contribution in [0.1, 0.15) is 29.7 Å². The molecule has 0 radical (unpaired) electrons. The first-order chi connectivity index (χ1) is 9.81. The standard InChI is InChI=1S/C17H18N2S/c1-3-19-17(14-10-18-9-8-12(14)2)15-11-20-16-7-5-4-6-13(15)16/h4-11,17,19H,3H2,1-2H3. The van der Waals surface area contributed by atoms with Gasteiger partial charge in [-0.2, -0.15) is 0 Å². The molecular formula is C17H18N2S. The predicted molar refractivity (Wildman–Crippen MR) is 86.3 cm³/mol. The fourth-order valence-corrected chi connectivity index (χ4v) is 3.58. The second kappa shape index (κ2) is 5.73. The smallest absolute Gasteiger partial charge is 0.0608 e. The molecule has 0 saturated heterocycles. The number of nitrogens with one attached hydrogen (secondary N) is 1. The maximum absolute atomic E-state index is 4.30. The van der Waals surface area contributed by atoms with Crippen molar-refractivity contribution in [1.82, 2.24) is 10.3 Å². The number of aryl methyl sites for hydroxylation is 1. The lowest BCUT2D eigenvalue weighted by Crippen LogP contribution is -2.22. The lowest BCUT2D eigenvalue weighted by atomic mass is 9.96. The van der Waals surface area contributed by atoms with E-state index in [1.54, 1.807) is 0 Å². The Morgan fingerprint density at radius 3 is 2.85 bits per heavy atom. The molecule has 0 saturated carbocycles. The average Bonchev–Trinajstić information content (AvgIpc) is 2.90. The van der Waals surface area contributed by atoms with Crippen LogP contribution in [0.15, 0.2) is 48.1 Å². The molecule has 2 nitrogen and oxygen atoms in total. The van der Waals surface area contributed by atoms with Crippen molar-refractivity contribution in [2.75, 3.05) is 6.54 Å². The number of thiophene rings is 1. The van der Waals surface area contributed by atoms with Crippen molar-refractivity contribution in [1.29, 1.82) is 0 Å². The van der Waals surface area contributed by atoms with E-state index in [1.165, 1.54) is 26.8 Å². The summed E-state index contributed by atoms with van der Waals surface area (Å²) in [5.41, 5.74) is 3.89. The van der Waals surface area contributed by atoms with E-state index in [4.69, 9.17) is 0 Å². The van der Waals surface area contributed by atoms with Crippen molar-refractivity contribution < 1.29 is 0 Å². The number of hydrogen-bond donors (Lipinski definition) is 1. The Bertz CT molecular complexity index is 718. The van der Waals surface area contributed by atoms with Crippen molar-refractivity contribution in [2.45, 2.75) is 19.9 Å². The Morgan fingerprint density at radius 1 is 1.20 bits per heavy atom. The van der Waals surface area contributed by atoms with Crippen LogP contribution in [0.3, 0.4) is 0 Å². The summed E-state index contributed by atoms with van der Waals surface area (Å²) in [6, 6.07) is 10.9. The van der Waals surface area contributed by atoms with Crippen LogP contribution in [0.2, 0.25) is 0 Å². The molecule has 2 heterocycles. The van der Waals surface area contributed by atoms with Gasteiger partial charge in [-0.3, -0.25) is 4.98 Å². The van der Waals surface area contributed by atoms with Crippen LogP contribution in [-0.2, 0) is 0 Å². The first-order valence-electron chi connectivity index (χ1n) is 6.91. The maximum Gasteiger partial charge on any atom is 0.0608 e. The van der Waals surface area contributed by atoms with Gasteiger partial charge in [0.05, 0.1) is 6.04 Å². The van der Waals surface area contributed by atoms with Crippen LogP contribution >= 0.6 is 11.3 Å². The Balaban J connectivity index is 2.14. The molecule has 3 heteroatoms. The van der Waals surface area contributed by atoms with Gasteiger partial charge in [0.2, 0.25) is 0 Å². The SMILES string of the molecule is CCNC(c1cnccc1C)c1csc2ccccc12. The predicted octanol–water partition coefficient (Wildman–Crippen LogP) is 4.30. The van der Waals surface area contributed by atoms with E-state index in [2.05, 4.69) is 59.9 Å². The number of benzene rings is 1. The topological polar surface area (TPSA) is 24.9 Å². The third-order valence-corrected chi connectivity index (χ3v) is 4.60. The summed E-state index contributed by atoms with van der Waals surface area (Å²) >= 11 is 1.81. The number of pyridine rings is 1. The van der Waals surface area contributed by atoms with Crippen molar-refractivity contribution in [3.05, 3.63) is 64.8 Å². The summed E-state index contributed by atoms with van der Waals surface area (Å²) in [5.74, 6) is 0. The normalized spacial score (nSPS) is 12.7. The van der Waals surface area contributed by atoms with Gasteiger partial charge >= 0.3 is 0 Å². The molecule has 0 aliphatic heterocycles. The quantitative estimate of drug-likeness (QED) is 0.771. The molecule has 1 aromatic carbocycles. The van der Waals surface area contributed by atoms with Gasteiger partial charge in [0.1, 0.15) is 0 Å². The van der Waals surface area contributed by atoms with Crippen LogP contribution in [0.25, 0.3) is 10.1 Å². The fourth-order valence-electron chi connectivity index (χ4n) is 2.59. The van der Waals surface area contributed by atoms with Crippen LogP contribution in [0.5, 0.6) is 0 Å². The van der Waals surface area contributed by atoms with Gasteiger partial charge in [-0.05, 0) is 53.1 Å². The molecule has 0 aliphatic rings. The molecule has 0 aliphatic carbocycles. The Labute approximate surface area is 123 Å². The zero-order valence-electron chi connectivity index (χ0n) is 11.8. The van der Waals surface area contributed by atoms with Crippen molar-refractivity contribution >= 4 is 21.4 Å². The monoisotopic (exact) mass is 282 g/mol. The lowest BCUT2D eigenvalue weighted by molar-refractivity contribution is 0.630. The Kier molecular flexibility index (Phi) is 3.81. The Hall–Kier alpha value is -1.71. The Morgan fingerprint density at radius 2 is 2.05 bits per heavy atom. The molecule has 1 atom stereocenters. The highest BCUT2D eigenvalue weighted by Gasteiger charge is 2.18. The number of aromatic nitrogens is 1. The van der Waals surface area contributed by atoms with E-state index >= 15 is 0 Å². The highest BCUT2D eigenvalue weighted by Crippen LogP contribution is 2.34. The van der Waals surface area contributed by atoms with E-state index in [-0.39, 0.29) is 6.04 Å². The van der Waals surface area contributed by atoms with E-state index in [0.29, 0.717) is 0 Å². The molecule has 3 aromatic rings. The molecule has 1 N–H and O–H groups in total. The molecule has 0 spiro atoms. The number of rotatable bonds is 4. The van der Waals surface area contributed by atoms with Gasteiger partial charge in [0.25, 0.3) is 0 Å². The van der Waals surface area contributed by atoms with E-state index in [9.17, 15) is 0 Å². The first-order valence-corrected chi connectivity index (χ1v) is 7.79. The highest BCUT2D eigenvalue weighted by molar-refractivity contribution is 7.17. The maximum atomic E-state index is 4.30. The van der Waals surface area contributed by atoms with Gasteiger partial charge in [0.15, 0.2) is 0 Å². The van der Waals surface area contributed by atoms with Gasteiger partial charge in [0, 0.05) is 17.1 Å².